The molecule has 0 N–H and O–H groups in total. The lowest BCUT2D eigenvalue weighted by Crippen LogP contribution is -2.28. The van der Waals surface area contributed by atoms with E-state index in [9.17, 15) is 4.79 Å². The summed E-state index contributed by atoms with van der Waals surface area (Å²) < 4.78 is 0. The third kappa shape index (κ3) is 1.52. The third-order valence-electron chi connectivity index (χ3n) is 2.72. The van der Waals surface area contributed by atoms with Gasteiger partial charge in [-0.05, 0) is 25.7 Å². The van der Waals surface area contributed by atoms with E-state index in [1.165, 1.54) is 38.0 Å². The molecule has 1 heterocycles. The Morgan fingerprint density at radius 3 is 2.42 bits per heavy atom. The van der Waals surface area contributed by atoms with Crippen molar-refractivity contribution in [1.82, 2.24) is 4.90 Å². The predicted octanol–water partition coefficient (Wildman–Crippen LogP) is 1.72. The molecule has 0 spiro atoms. The van der Waals surface area contributed by atoms with Crippen LogP contribution < -0.4 is 0 Å². The molecule has 1 aliphatic heterocycles. The molecule has 0 bridgehead atoms. The minimum Gasteiger partial charge on any atom is -0.375 e. The van der Waals surface area contributed by atoms with Crippen molar-refractivity contribution in [2.24, 2.45) is 0 Å². The summed E-state index contributed by atoms with van der Waals surface area (Å²) in [6.45, 7) is 2.33. The maximum Gasteiger partial charge on any atom is 0.157 e. The molecular weight excluding hydrogens is 150 g/mol. The van der Waals surface area contributed by atoms with Crippen molar-refractivity contribution in [2.75, 3.05) is 13.1 Å². The van der Waals surface area contributed by atoms with Gasteiger partial charge in [-0.1, -0.05) is 0 Å². The Bertz CT molecular complexity index is 214. The molecule has 1 aliphatic carbocycles. The summed E-state index contributed by atoms with van der Waals surface area (Å²) in [7, 11) is 0. The summed E-state index contributed by atoms with van der Waals surface area (Å²) in [5.74, 6) is 0.315. The molecular formula is C10H15NO. The Morgan fingerprint density at radius 2 is 1.83 bits per heavy atom. The minimum absolute atomic E-state index is 0.315. The van der Waals surface area contributed by atoms with Crippen LogP contribution in [0.5, 0.6) is 0 Å². The summed E-state index contributed by atoms with van der Waals surface area (Å²) in [5.41, 5.74) is 1.29. The van der Waals surface area contributed by atoms with Crippen molar-refractivity contribution in [3.8, 4) is 0 Å². The monoisotopic (exact) mass is 165 g/mol. The van der Waals surface area contributed by atoms with Crippen LogP contribution in [0.1, 0.15) is 32.1 Å². The van der Waals surface area contributed by atoms with Crippen molar-refractivity contribution in [1.29, 1.82) is 0 Å². The fraction of sp³-hybridized carbons (Fsp3) is 0.700. The second-order valence-electron chi connectivity index (χ2n) is 3.65. The Labute approximate surface area is 73.2 Å². The zero-order chi connectivity index (χ0) is 8.39. The molecule has 0 unspecified atom stereocenters. The van der Waals surface area contributed by atoms with E-state index in [2.05, 4.69) is 4.90 Å². The lowest BCUT2D eigenvalue weighted by molar-refractivity contribution is -0.114. The van der Waals surface area contributed by atoms with Crippen molar-refractivity contribution in [2.45, 2.75) is 32.1 Å². The average molecular weight is 165 g/mol. The number of piperidine rings is 1. The third-order valence-corrected chi connectivity index (χ3v) is 2.72. The highest BCUT2D eigenvalue weighted by molar-refractivity contribution is 5.92. The number of nitrogens with zero attached hydrogens (tertiary/aromatic N) is 1. The molecule has 0 atom stereocenters. The van der Waals surface area contributed by atoms with Gasteiger partial charge in [0.25, 0.3) is 0 Å². The number of carbonyl (C=O) groups is 1. The van der Waals surface area contributed by atoms with Crippen LogP contribution in [0.25, 0.3) is 0 Å². The van der Waals surface area contributed by atoms with E-state index < -0.39 is 0 Å². The van der Waals surface area contributed by atoms with E-state index in [1.54, 1.807) is 0 Å². The van der Waals surface area contributed by atoms with E-state index >= 15 is 0 Å². The first-order valence-electron chi connectivity index (χ1n) is 4.84. The number of hydrogen-bond acceptors (Lipinski definition) is 2. The molecule has 66 valence electrons. The van der Waals surface area contributed by atoms with Gasteiger partial charge in [0.05, 0.1) is 0 Å². The molecule has 2 aliphatic rings. The van der Waals surface area contributed by atoms with Crippen molar-refractivity contribution < 1.29 is 4.79 Å². The van der Waals surface area contributed by atoms with Crippen LogP contribution in [0.3, 0.4) is 0 Å². The lowest BCUT2D eigenvalue weighted by atomic mass is 10.1. The second kappa shape index (κ2) is 3.30. The molecule has 12 heavy (non-hydrogen) atoms. The van der Waals surface area contributed by atoms with Crippen LogP contribution >= 0.6 is 0 Å². The number of ketones is 1. The number of hydrogen-bond donors (Lipinski definition) is 0. The van der Waals surface area contributed by atoms with Crippen molar-refractivity contribution in [3.05, 3.63) is 11.8 Å². The van der Waals surface area contributed by atoms with Crippen molar-refractivity contribution >= 4 is 5.78 Å². The fourth-order valence-corrected chi connectivity index (χ4v) is 2.01. The molecule has 1 saturated heterocycles. The van der Waals surface area contributed by atoms with Gasteiger partial charge in [-0.3, -0.25) is 4.79 Å². The van der Waals surface area contributed by atoms with Crippen LogP contribution in [0.4, 0.5) is 0 Å². The molecule has 0 aromatic heterocycles. The molecule has 0 amide bonds. The van der Waals surface area contributed by atoms with E-state index in [0.29, 0.717) is 5.78 Å². The van der Waals surface area contributed by atoms with Gasteiger partial charge in [-0.15, -0.1) is 0 Å². The average Bonchev–Trinajstić information content (AvgIpc) is 2.54. The smallest absolute Gasteiger partial charge is 0.157 e. The van der Waals surface area contributed by atoms with Crippen LogP contribution in [0.15, 0.2) is 11.8 Å². The highest BCUT2D eigenvalue weighted by Crippen LogP contribution is 2.22. The molecule has 2 heteroatoms. The summed E-state index contributed by atoms with van der Waals surface area (Å²) >= 11 is 0. The van der Waals surface area contributed by atoms with Crippen LogP contribution in [-0.4, -0.2) is 23.8 Å². The zero-order valence-electron chi connectivity index (χ0n) is 7.38. The minimum atomic E-state index is 0.315. The number of allylic oxidation sites excluding steroid dienone is 2. The molecule has 0 aromatic rings. The standard InChI is InChI=1S/C10H15NO/c12-10-5-4-9(8-10)11-6-2-1-3-7-11/h8H,1-7H2. The summed E-state index contributed by atoms with van der Waals surface area (Å²) in [4.78, 5) is 13.4. The Kier molecular flexibility index (Phi) is 2.15. The zero-order valence-corrected chi connectivity index (χ0v) is 7.38. The highest BCUT2D eigenvalue weighted by atomic mass is 16.1. The normalized spacial score (nSPS) is 24.5. The van der Waals surface area contributed by atoms with E-state index in [4.69, 9.17) is 0 Å². The van der Waals surface area contributed by atoms with Gasteiger partial charge in [0.1, 0.15) is 0 Å². The largest absolute Gasteiger partial charge is 0.375 e. The summed E-state index contributed by atoms with van der Waals surface area (Å²) in [6.07, 6.45) is 7.52. The quantitative estimate of drug-likeness (QED) is 0.589. The Hall–Kier alpha value is -0.790. The maximum absolute atomic E-state index is 11.0. The van der Waals surface area contributed by atoms with Gasteiger partial charge in [0.2, 0.25) is 0 Å². The molecule has 0 radical (unpaired) electrons. The van der Waals surface area contributed by atoms with Crippen LogP contribution in [0.2, 0.25) is 0 Å². The number of carbonyl (C=O) groups excluding carboxylic acids is 1. The Balaban J connectivity index is 1.99. The molecule has 0 aromatic carbocycles. The van der Waals surface area contributed by atoms with Gasteiger partial charge in [-0.2, -0.15) is 0 Å². The Morgan fingerprint density at radius 1 is 1.08 bits per heavy atom. The van der Waals surface area contributed by atoms with E-state index in [0.717, 1.165) is 12.8 Å². The van der Waals surface area contributed by atoms with Crippen LogP contribution in [0, 0.1) is 0 Å². The first-order chi connectivity index (χ1) is 5.86. The number of likely N-dealkylation sites (tertiary alicyclic amines) is 1. The molecule has 1 fully saturated rings. The SMILES string of the molecule is O=C1C=C(N2CCCCC2)CC1. The molecule has 0 saturated carbocycles. The summed E-state index contributed by atoms with van der Waals surface area (Å²) in [5, 5.41) is 0. The maximum atomic E-state index is 11.0. The topological polar surface area (TPSA) is 20.3 Å². The molecule has 2 nitrogen and oxygen atoms in total. The highest BCUT2D eigenvalue weighted by Gasteiger charge is 2.18. The lowest BCUT2D eigenvalue weighted by Gasteiger charge is -2.29. The van der Waals surface area contributed by atoms with Crippen LogP contribution in [-0.2, 0) is 4.79 Å². The summed E-state index contributed by atoms with van der Waals surface area (Å²) in [6, 6.07) is 0. The predicted molar refractivity (Wildman–Crippen MR) is 47.7 cm³/mol. The molecule has 2 rings (SSSR count). The van der Waals surface area contributed by atoms with Crippen molar-refractivity contribution in [3.63, 3.8) is 0 Å². The van der Waals surface area contributed by atoms with Gasteiger partial charge in [-0.25, -0.2) is 0 Å². The van der Waals surface area contributed by atoms with E-state index in [-0.39, 0.29) is 0 Å². The number of rotatable bonds is 1. The fourth-order valence-electron chi connectivity index (χ4n) is 2.01. The van der Waals surface area contributed by atoms with Gasteiger partial charge < -0.3 is 4.90 Å². The van der Waals surface area contributed by atoms with E-state index in [1.807, 2.05) is 6.08 Å². The van der Waals surface area contributed by atoms with Gasteiger partial charge in [0.15, 0.2) is 5.78 Å². The van der Waals surface area contributed by atoms with Gasteiger partial charge in [0, 0.05) is 31.3 Å². The van der Waals surface area contributed by atoms with Gasteiger partial charge >= 0.3 is 0 Å². The second-order valence-corrected chi connectivity index (χ2v) is 3.65. The first kappa shape index (κ1) is 7.84. The first-order valence-corrected chi connectivity index (χ1v) is 4.84.